The van der Waals surface area contributed by atoms with Crippen LogP contribution in [0.1, 0.15) is 28.7 Å². The van der Waals surface area contributed by atoms with Crippen molar-refractivity contribution in [3.8, 4) is 0 Å². The zero-order valence-corrected chi connectivity index (χ0v) is 17.9. The van der Waals surface area contributed by atoms with Gasteiger partial charge >= 0.3 is 0 Å². The van der Waals surface area contributed by atoms with E-state index in [9.17, 15) is 0 Å². The van der Waals surface area contributed by atoms with E-state index in [0.29, 0.717) is 13.2 Å². The minimum absolute atomic E-state index is 0.0844. The van der Waals surface area contributed by atoms with Gasteiger partial charge in [0.25, 0.3) is 0 Å². The van der Waals surface area contributed by atoms with Gasteiger partial charge in [-0.25, -0.2) is 4.68 Å². The molecule has 0 radical (unpaired) electrons. The largest absolute Gasteiger partial charge is 0.383 e. The van der Waals surface area contributed by atoms with E-state index < -0.39 is 0 Å². The Kier molecular flexibility index (Phi) is 6.35. The summed E-state index contributed by atoms with van der Waals surface area (Å²) in [5, 5.41) is 12.5. The molecule has 8 heteroatoms. The second-order valence-electron chi connectivity index (χ2n) is 7.65. The lowest BCUT2D eigenvalue weighted by Gasteiger charge is -2.40. The molecule has 0 unspecified atom stereocenters. The number of pyridine rings is 1. The lowest BCUT2D eigenvalue weighted by molar-refractivity contribution is 0.171. The van der Waals surface area contributed by atoms with E-state index in [1.54, 1.807) is 7.11 Å². The summed E-state index contributed by atoms with van der Waals surface area (Å²) >= 11 is 0. The third-order valence-electron chi connectivity index (χ3n) is 5.88. The lowest BCUT2D eigenvalue weighted by atomic mass is 10.1. The molecule has 0 N–H and O–H groups in total. The fraction of sp³-hybridized carbons (Fsp3) is 0.455. The van der Waals surface area contributed by atoms with Crippen LogP contribution in [0.4, 0.5) is 5.69 Å². The summed E-state index contributed by atoms with van der Waals surface area (Å²) in [7, 11) is 1.69. The number of hydrogen-bond donors (Lipinski definition) is 0. The van der Waals surface area contributed by atoms with Crippen molar-refractivity contribution >= 4 is 5.69 Å². The monoisotopic (exact) mass is 407 g/mol. The first-order valence-corrected chi connectivity index (χ1v) is 10.4. The maximum atomic E-state index is 5.23. The maximum absolute atomic E-state index is 5.23. The van der Waals surface area contributed by atoms with Crippen molar-refractivity contribution in [2.75, 3.05) is 44.8 Å². The van der Waals surface area contributed by atoms with Gasteiger partial charge in [-0.3, -0.25) is 9.88 Å². The number of anilines is 1. The van der Waals surface area contributed by atoms with Crippen LogP contribution in [0.25, 0.3) is 0 Å². The molecule has 4 rings (SSSR count). The molecule has 1 aromatic carbocycles. The van der Waals surface area contributed by atoms with Gasteiger partial charge in [0, 0.05) is 45.2 Å². The number of piperazine rings is 1. The fourth-order valence-corrected chi connectivity index (χ4v) is 4.06. The summed E-state index contributed by atoms with van der Waals surface area (Å²) < 4.78 is 7.07. The SMILES string of the molecule is COCCn1nnnc1[C@H](c1ccccn1)N1CCN(c2cccc(C)c2C)CC1. The zero-order chi connectivity index (χ0) is 20.9. The molecule has 0 bridgehead atoms. The van der Waals surface area contributed by atoms with Gasteiger partial charge in [0.05, 0.1) is 18.8 Å². The van der Waals surface area contributed by atoms with Gasteiger partial charge in [-0.05, 0) is 53.6 Å². The first-order valence-electron chi connectivity index (χ1n) is 10.4. The summed E-state index contributed by atoms with van der Waals surface area (Å²) in [6.07, 6.45) is 1.83. The maximum Gasteiger partial charge on any atom is 0.174 e. The topological polar surface area (TPSA) is 72.2 Å². The number of rotatable bonds is 7. The molecule has 1 aliphatic rings. The molecule has 0 spiro atoms. The van der Waals surface area contributed by atoms with Crippen LogP contribution in [-0.2, 0) is 11.3 Å². The molecule has 8 nitrogen and oxygen atoms in total. The Bertz CT molecular complexity index is 951. The summed E-state index contributed by atoms with van der Waals surface area (Å²) in [6.45, 7) is 9.28. The van der Waals surface area contributed by atoms with Crippen molar-refractivity contribution in [2.45, 2.75) is 26.4 Å². The van der Waals surface area contributed by atoms with E-state index in [1.165, 1.54) is 16.8 Å². The van der Waals surface area contributed by atoms with Crippen molar-refractivity contribution < 1.29 is 4.74 Å². The van der Waals surface area contributed by atoms with Crippen LogP contribution < -0.4 is 4.90 Å². The van der Waals surface area contributed by atoms with E-state index in [2.05, 4.69) is 68.4 Å². The van der Waals surface area contributed by atoms with E-state index in [-0.39, 0.29) is 6.04 Å². The highest BCUT2D eigenvalue weighted by Crippen LogP contribution is 2.29. The molecule has 30 heavy (non-hydrogen) atoms. The first kappa shape index (κ1) is 20.4. The summed E-state index contributed by atoms with van der Waals surface area (Å²) in [5.41, 5.74) is 4.98. The lowest BCUT2D eigenvalue weighted by Crippen LogP contribution is -2.48. The van der Waals surface area contributed by atoms with Crippen LogP contribution in [0.5, 0.6) is 0 Å². The Hall–Kier alpha value is -2.84. The number of aryl methyl sites for hydroxylation is 1. The Labute approximate surface area is 177 Å². The molecule has 158 valence electrons. The quantitative estimate of drug-likeness (QED) is 0.595. The number of benzene rings is 1. The van der Waals surface area contributed by atoms with Crippen molar-refractivity contribution in [2.24, 2.45) is 0 Å². The van der Waals surface area contributed by atoms with E-state index >= 15 is 0 Å². The highest BCUT2D eigenvalue weighted by Gasteiger charge is 2.31. The molecule has 0 aliphatic carbocycles. The standard InChI is InChI=1S/C22H29N7O/c1-17-7-6-9-20(18(17)2)27-11-13-28(14-12-27)21(19-8-4-5-10-23-19)22-24-25-26-29(22)15-16-30-3/h4-10,21H,11-16H2,1-3H3/t21-/m0/s1. The Balaban J connectivity index is 1.57. The predicted octanol–water partition coefficient (Wildman–Crippen LogP) is 2.24. The van der Waals surface area contributed by atoms with Crippen LogP contribution in [0.2, 0.25) is 0 Å². The van der Waals surface area contributed by atoms with Gasteiger partial charge in [-0.1, -0.05) is 18.2 Å². The van der Waals surface area contributed by atoms with Crippen molar-refractivity contribution in [1.29, 1.82) is 0 Å². The van der Waals surface area contributed by atoms with Gasteiger partial charge in [-0.2, -0.15) is 0 Å². The van der Waals surface area contributed by atoms with E-state index in [0.717, 1.165) is 37.7 Å². The van der Waals surface area contributed by atoms with Gasteiger partial charge in [-0.15, -0.1) is 5.10 Å². The third-order valence-corrected chi connectivity index (χ3v) is 5.88. The smallest absolute Gasteiger partial charge is 0.174 e. The molecule has 1 aliphatic heterocycles. The van der Waals surface area contributed by atoms with Crippen molar-refractivity contribution in [1.82, 2.24) is 30.1 Å². The Morgan fingerprint density at radius 2 is 1.87 bits per heavy atom. The van der Waals surface area contributed by atoms with Gasteiger partial charge in [0.2, 0.25) is 0 Å². The van der Waals surface area contributed by atoms with Crippen LogP contribution in [-0.4, -0.2) is 70.0 Å². The molecule has 2 aromatic heterocycles. The molecule has 3 aromatic rings. The average Bonchev–Trinajstić information content (AvgIpc) is 3.24. The number of ether oxygens (including phenoxy) is 1. The van der Waals surface area contributed by atoms with Gasteiger partial charge in [0.1, 0.15) is 6.04 Å². The number of nitrogens with zero attached hydrogens (tertiary/aromatic N) is 7. The minimum atomic E-state index is -0.0844. The first-order chi connectivity index (χ1) is 14.7. The van der Waals surface area contributed by atoms with E-state index in [1.807, 2.05) is 23.0 Å². The number of hydrogen-bond acceptors (Lipinski definition) is 7. The molecule has 1 fully saturated rings. The Morgan fingerprint density at radius 3 is 2.60 bits per heavy atom. The van der Waals surface area contributed by atoms with Crippen LogP contribution >= 0.6 is 0 Å². The third kappa shape index (κ3) is 4.20. The molecule has 3 heterocycles. The van der Waals surface area contributed by atoms with Crippen LogP contribution in [0.3, 0.4) is 0 Å². The second kappa shape index (κ2) is 9.32. The number of methoxy groups -OCH3 is 1. The average molecular weight is 408 g/mol. The summed E-state index contributed by atoms with van der Waals surface area (Å²) in [4.78, 5) is 9.54. The van der Waals surface area contributed by atoms with Crippen molar-refractivity contribution in [3.05, 3.63) is 65.2 Å². The van der Waals surface area contributed by atoms with Gasteiger partial charge in [0.15, 0.2) is 5.82 Å². The normalized spacial score (nSPS) is 16.0. The highest BCUT2D eigenvalue weighted by atomic mass is 16.5. The Morgan fingerprint density at radius 1 is 1.03 bits per heavy atom. The minimum Gasteiger partial charge on any atom is -0.383 e. The highest BCUT2D eigenvalue weighted by molar-refractivity contribution is 5.56. The molecular weight excluding hydrogens is 378 g/mol. The summed E-state index contributed by atoms with van der Waals surface area (Å²) in [6, 6.07) is 12.5. The second-order valence-corrected chi connectivity index (χ2v) is 7.65. The molecular formula is C22H29N7O. The molecule has 1 saturated heterocycles. The predicted molar refractivity (Wildman–Crippen MR) is 115 cm³/mol. The zero-order valence-electron chi connectivity index (χ0n) is 17.9. The fourth-order valence-electron chi connectivity index (χ4n) is 4.06. The molecule has 1 atom stereocenters. The molecule has 0 amide bonds. The van der Waals surface area contributed by atoms with Gasteiger partial charge < -0.3 is 9.64 Å². The number of tetrazole rings is 1. The summed E-state index contributed by atoms with van der Waals surface area (Å²) in [5.74, 6) is 0.811. The van der Waals surface area contributed by atoms with Crippen LogP contribution in [0.15, 0.2) is 42.6 Å². The van der Waals surface area contributed by atoms with E-state index in [4.69, 9.17) is 4.74 Å². The van der Waals surface area contributed by atoms with Crippen molar-refractivity contribution in [3.63, 3.8) is 0 Å². The molecule has 0 saturated carbocycles. The number of aromatic nitrogens is 5. The van der Waals surface area contributed by atoms with Crippen LogP contribution in [0, 0.1) is 13.8 Å².